The number of rotatable bonds is 9. The van der Waals surface area contributed by atoms with Crippen molar-refractivity contribution in [3.8, 4) is 5.75 Å². The SMILES string of the molecule is O=C(CCNC(=O)C1CCN(C(=O)CCOc2ccccc2)CC1)NC1CCCCC1. The Labute approximate surface area is 184 Å². The topological polar surface area (TPSA) is 87.7 Å². The van der Waals surface area contributed by atoms with Crippen LogP contribution in [0.3, 0.4) is 0 Å². The average molecular weight is 430 g/mol. The summed E-state index contributed by atoms with van der Waals surface area (Å²) < 4.78 is 5.59. The monoisotopic (exact) mass is 429 g/mol. The Hall–Kier alpha value is -2.57. The van der Waals surface area contributed by atoms with E-state index < -0.39 is 0 Å². The number of piperidine rings is 1. The number of hydrogen-bond acceptors (Lipinski definition) is 4. The summed E-state index contributed by atoms with van der Waals surface area (Å²) in [6.45, 7) is 1.90. The van der Waals surface area contributed by atoms with Crippen LogP contribution in [0.15, 0.2) is 30.3 Å². The van der Waals surface area contributed by atoms with Gasteiger partial charge < -0.3 is 20.3 Å². The first-order valence-electron chi connectivity index (χ1n) is 11.6. The Kier molecular flexibility index (Phi) is 9.18. The van der Waals surface area contributed by atoms with E-state index in [9.17, 15) is 14.4 Å². The number of likely N-dealkylation sites (tertiary alicyclic amines) is 1. The molecule has 1 saturated carbocycles. The van der Waals surface area contributed by atoms with E-state index in [1.165, 1.54) is 19.3 Å². The van der Waals surface area contributed by atoms with Crippen LogP contribution in [-0.2, 0) is 14.4 Å². The third kappa shape index (κ3) is 7.89. The second-order valence-corrected chi connectivity index (χ2v) is 8.51. The third-order valence-electron chi connectivity index (χ3n) is 6.17. The van der Waals surface area contributed by atoms with E-state index >= 15 is 0 Å². The average Bonchev–Trinajstić information content (AvgIpc) is 2.80. The van der Waals surface area contributed by atoms with Crippen LogP contribution < -0.4 is 15.4 Å². The van der Waals surface area contributed by atoms with Crippen molar-refractivity contribution >= 4 is 17.7 Å². The Bertz CT molecular complexity index is 711. The van der Waals surface area contributed by atoms with Gasteiger partial charge in [-0.25, -0.2) is 0 Å². The number of ether oxygens (including phenoxy) is 1. The first kappa shape index (κ1) is 23.1. The van der Waals surface area contributed by atoms with Gasteiger partial charge in [-0.1, -0.05) is 37.5 Å². The predicted molar refractivity (Wildman–Crippen MR) is 119 cm³/mol. The van der Waals surface area contributed by atoms with Crippen LogP contribution in [-0.4, -0.2) is 54.9 Å². The summed E-state index contributed by atoms with van der Waals surface area (Å²) in [5.74, 6) is 0.744. The van der Waals surface area contributed by atoms with Gasteiger partial charge in [0, 0.05) is 38.0 Å². The quantitative estimate of drug-likeness (QED) is 0.632. The molecule has 0 aromatic heterocycles. The minimum absolute atomic E-state index is 0.00928. The maximum Gasteiger partial charge on any atom is 0.225 e. The molecule has 170 valence electrons. The summed E-state index contributed by atoms with van der Waals surface area (Å²) >= 11 is 0. The van der Waals surface area contributed by atoms with Gasteiger partial charge in [-0.3, -0.25) is 14.4 Å². The number of carbonyl (C=O) groups excluding carboxylic acids is 3. The summed E-state index contributed by atoms with van der Waals surface area (Å²) in [5, 5.41) is 5.97. The predicted octanol–water partition coefficient (Wildman–Crippen LogP) is 2.65. The highest BCUT2D eigenvalue weighted by Crippen LogP contribution is 2.19. The molecule has 1 saturated heterocycles. The summed E-state index contributed by atoms with van der Waals surface area (Å²) in [6.07, 6.45) is 7.72. The zero-order valence-electron chi connectivity index (χ0n) is 18.3. The molecular formula is C24H35N3O4. The Morgan fingerprint density at radius 2 is 1.65 bits per heavy atom. The molecule has 0 bridgehead atoms. The molecule has 7 heteroatoms. The maximum absolute atomic E-state index is 12.4. The minimum Gasteiger partial charge on any atom is -0.493 e. The van der Waals surface area contributed by atoms with Gasteiger partial charge in [-0.2, -0.15) is 0 Å². The van der Waals surface area contributed by atoms with Crippen LogP contribution in [0.25, 0.3) is 0 Å². The van der Waals surface area contributed by atoms with E-state index in [2.05, 4.69) is 10.6 Å². The first-order chi connectivity index (χ1) is 15.1. The number of carbonyl (C=O) groups is 3. The van der Waals surface area contributed by atoms with Crippen LogP contribution in [0.4, 0.5) is 0 Å². The van der Waals surface area contributed by atoms with Crippen molar-refractivity contribution in [1.82, 2.24) is 15.5 Å². The van der Waals surface area contributed by atoms with Gasteiger partial charge in [0.2, 0.25) is 17.7 Å². The lowest BCUT2D eigenvalue weighted by Crippen LogP contribution is -2.44. The third-order valence-corrected chi connectivity index (χ3v) is 6.17. The van der Waals surface area contributed by atoms with E-state index in [-0.39, 0.29) is 23.6 Å². The van der Waals surface area contributed by atoms with Crippen molar-refractivity contribution in [3.05, 3.63) is 30.3 Å². The number of benzene rings is 1. The zero-order valence-corrected chi connectivity index (χ0v) is 18.3. The summed E-state index contributed by atoms with van der Waals surface area (Å²) in [6, 6.07) is 9.76. The number of hydrogen-bond donors (Lipinski definition) is 2. The van der Waals surface area contributed by atoms with Crippen molar-refractivity contribution in [2.24, 2.45) is 5.92 Å². The molecule has 0 radical (unpaired) electrons. The molecule has 0 unspecified atom stereocenters. The second kappa shape index (κ2) is 12.3. The molecular weight excluding hydrogens is 394 g/mol. The second-order valence-electron chi connectivity index (χ2n) is 8.51. The van der Waals surface area contributed by atoms with E-state index in [1.807, 2.05) is 35.2 Å². The summed E-state index contributed by atoms with van der Waals surface area (Å²) in [5.41, 5.74) is 0. The maximum atomic E-state index is 12.4. The van der Waals surface area contributed by atoms with Crippen LogP contribution in [0.2, 0.25) is 0 Å². The Morgan fingerprint density at radius 1 is 0.935 bits per heavy atom. The van der Waals surface area contributed by atoms with E-state index in [0.29, 0.717) is 58.0 Å². The molecule has 31 heavy (non-hydrogen) atoms. The fraction of sp³-hybridized carbons (Fsp3) is 0.625. The molecule has 3 rings (SSSR count). The molecule has 1 aromatic carbocycles. The smallest absolute Gasteiger partial charge is 0.225 e. The van der Waals surface area contributed by atoms with Gasteiger partial charge in [-0.15, -0.1) is 0 Å². The van der Waals surface area contributed by atoms with Crippen LogP contribution in [0.5, 0.6) is 5.75 Å². The van der Waals surface area contributed by atoms with Gasteiger partial charge in [0.25, 0.3) is 0 Å². The largest absolute Gasteiger partial charge is 0.493 e. The Morgan fingerprint density at radius 3 is 2.35 bits per heavy atom. The minimum atomic E-state index is -0.0916. The lowest BCUT2D eigenvalue weighted by atomic mass is 9.95. The lowest BCUT2D eigenvalue weighted by molar-refractivity contribution is -0.136. The number of amides is 3. The van der Waals surface area contributed by atoms with E-state index in [0.717, 1.165) is 18.6 Å². The number of para-hydroxylation sites is 1. The van der Waals surface area contributed by atoms with E-state index in [1.54, 1.807) is 0 Å². The molecule has 7 nitrogen and oxygen atoms in total. The summed E-state index contributed by atoms with van der Waals surface area (Å²) in [7, 11) is 0. The molecule has 1 aliphatic heterocycles. The van der Waals surface area contributed by atoms with Crippen molar-refractivity contribution < 1.29 is 19.1 Å². The molecule has 0 atom stereocenters. The highest BCUT2D eigenvalue weighted by atomic mass is 16.5. The van der Waals surface area contributed by atoms with E-state index in [4.69, 9.17) is 4.74 Å². The summed E-state index contributed by atoms with van der Waals surface area (Å²) in [4.78, 5) is 38.6. The fourth-order valence-electron chi connectivity index (χ4n) is 4.31. The van der Waals surface area contributed by atoms with Crippen molar-refractivity contribution in [1.29, 1.82) is 0 Å². The molecule has 0 spiro atoms. The number of nitrogens with zero attached hydrogens (tertiary/aromatic N) is 1. The standard InChI is InChI=1S/C24H35N3O4/c28-22(26-20-7-3-1-4-8-20)11-15-25-24(30)19-12-16-27(17-13-19)23(29)14-18-31-21-9-5-2-6-10-21/h2,5-6,9-10,19-20H,1,3-4,7-8,11-18H2,(H,25,30)(H,26,28). The molecule has 1 aliphatic carbocycles. The molecule has 2 fully saturated rings. The lowest BCUT2D eigenvalue weighted by Gasteiger charge is -2.31. The van der Waals surface area contributed by atoms with Gasteiger partial charge in [0.05, 0.1) is 13.0 Å². The first-order valence-corrected chi connectivity index (χ1v) is 11.6. The molecule has 2 aliphatic rings. The Balaban J connectivity index is 1.26. The molecule has 1 heterocycles. The van der Waals surface area contributed by atoms with Gasteiger partial charge in [-0.05, 0) is 37.8 Å². The molecule has 1 aromatic rings. The highest BCUT2D eigenvalue weighted by molar-refractivity contribution is 5.81. The van der Waals surface area contributed by atoms with Crippen molar-refractivity contribution in [2.75, 3.05) is 26.2 Å². The van der Waals surface area contributed by atoms with Gasteiger partial charge in [0.1, 0.15) is 5.75 Å². The van der Waals surface area contributed by atoms with Gasteiger partial charge >= 0.3 is 0 Å². The van der Waals surface area contributed by atoms with Gasteiger partial charge in [0.15, 0.2) is 0 Å². The molecule has 3 amide bonds. The number of nitrogens with one attached hydrogen (secondary N) is 2. The van der Waals surface area contributed by atoms with Crippen molar-refractivity contribution in [2.45, 2.75) is 63.8 Å². The zero-order chi connectivity index (χ0) is 21.9. The van der Waals surface area contributed by atoms with Crippen LogP contribution in [0, 0.1) is 5.92 Å². The van der Waals surface area contributed by atoms with Crippen molar-refractivity contribution in [3.63, 3.8) is 0 Å². The normalized spacial score (nSPS) is 17.7. The van der Waals surface area contributed by atoms with Crippen LogP contribution >= 0.6 is 0 Å². The highest BCUT2D eigenvalue weighted by Gasteiger charge is 2.27. The van der Waals surface area contributed by atoms with Crippen LogP contribution in [0.1, 0.15) is 57.8 Å². The molecule has 2 N–H and O–H groups in total. The fourth-order valence-corrected chi connectivity index (χ4v) is 4.31.